The van der Waals surface area contributed by atoms with Crippen LogP contribution >= 0.6 is 7.82 Å². The van der Waals surface area contributed by atoms with E-state index in [0.717, 1.165) is 0 Å². The normalized spacial score (nSPS) is 14.1. The van der Waals surface area contributed by atoms with Gasteiger partial charge in [0.25, 0.3) is 0 Å². The molecule has 0 radical (unpaired) electrons. The summed E-state index contributed by atoms with van der Waals surface area (Å²) in [4.78, 5) is 30.0. The summed E-state index contributed by atoms with van der Waals surface area (Å²) >= 11 is 0. The van der Waals surface area contributed by atoms with Gasteiger partial charge in [-0.3, -0.25) is 9.32 Å². The van der Waals surface area contributed by atoms with Crippen molar-refractivity contribution in [1.82, 2.24) is 0 Å². The van der Waals surface area contributed by atoms with Gasteiger partial charge in [-0.25, -0.2) is 4.57 Å². The zero-order valence-electron chi connectivity index (χ0n) is 20.0. The van der Waals surface area contributed by atoms with Crippen LogP contribution in [0, 0.1) is 6.92 Å². The maximum atomic E-state index is 12.3. The largest absolute Gasteiger partial charge is 0.493 e. The summed E-state index contributed by atoms with van der Waals surface area (Å²) in [5.74, 6) is 0.181. The summed E-state index contributed by atoms with van der Waals surface area (Å²) in [6.07, 6.45) is 0. The molecule has 0 spiro atoms. The predicted molar refractivity (Wildman–Crippen MR) is 136 cm³/mol. The third-order valence-corrected chi connectivity index (χ3v) is 6.03. The molecule has 2 atom stereocenters. The van der Waals surface area contributed by atoms with E-state index in [1.165, 1.54) is 29.2 Å². The van der Waals surface area contributed by atoms with Crippen molar-refractivity contribution in [2.45, 2.75) is 32.2 Å². The second kappa shape index (κ2) is 11.2. The van der Waals surface area contributed by atoms with Gasteiger partial charge < -0.3 is 25.6 Å². The molecule has 0 aliphatic rings. The minimum Gasteiger partial charge on any atom is -0.493 e. The first-order valence-corrected chi connectivity index (χ1v) is 12.7. The van der Waals surface area contributed by atoms with Crippen LogP contribution in [0.15, 0.2) is 72.8 Å². The summed E-state index contributed by atoms with van der Waals surface area (Å²) in [6.45, 7) is 5.39. The zero-order valence-corrected chi connectivity index (χ0v) is 20.9. The number of phosphoric ester groups is 1. The molecule has 0 aromatic heterocycles. The van der Waals surface area contributed by atoms with Crippen molar-refractivity contribution in [2.75, 3.05) is 18.5 Å². The lowest BCUT2D eigenvalue weighted by molar-refractivity contribution is -0.121. The topological polar surface area (TPSA) is 131 Å². The number of hydrogen-bond acceptors (Lipinski definition) is 5. The summed E-state index contributed by atoms with van der Waals surface area (Å²) in [6, 6.07) is 23.5. The number of carbonyl (C=O) groups is 1. The fourth-order valence-electron chi connectivity index (χ4n) is 3.44. The van der Waals surface area contributed by atoms with Gasteiger partial charge in [0.1, 0.15) is 11.3 Å². The first-order chi connectivity index (χ1) is 16.4. The fourth-order valence-corrected chi connectivity index (χ4v) is 3.88. The second-order valence-corrected chi connectivity index (χ2v) is 10.1. The molecule has 0 aliphatic carbocycles. The van der Waals surface area contributed by atoms with Crippen LogP contribution in [0.1, 0.15) is 30.9 Å². The number of nitrogens with two attached hydrogens (primary N) is 1. The minimum absolute atomic E-state index is 0.171. The number of ether oxygens (including phenoxy) is 1. The van der Waals surface area contributed by atoms with E-state index in [2.05, 4.69) is 54.0 Å². The van der Waals surface area contributed by atoms with E-state index in [-0.39, 0.29) is 5.92 Å². The molecule has 0 fully saturated rings. The lowest BCUT2D eigenvalue weighted by atomic mass is 9.94. The summed E-state index contributed by atoms with van der Waals surface area (Å²) in [5.41, 5.74) is 9.47. The predicted octanol–water partition coefficient (Wildman–Crippen LogP) is 4.61. The van der Waals surface area contributed by atoms with Crippen LogP contribution in [0.5, 0.6) is 5.75 Å². The molecular weight excluding hydrogens is 467 g/mol. The molecule has 35 heavy (non-hydrogen) atoms. The molecule has 3 aromatic rings. The van der Waals surface area contributed by atoms with E-state index in [4.69, 9.17) is 20.3 Å². The average Bonchev–Trinajstić information content (AvgIpc) is 2.82. The maximum Gasteiger partial charge on any atom is 0.469 e. The van der Waals surface area contributed by atoms with Crippen molar-refractivity contribution in [1.29, 1.82) is 0 Å². The van der Waals surface area contributed by atoms with Crippen molar-refractivity contribution >= 4 is 19.4 Å². The third-order valence-electron chi connectivity index (χ3n) is 5.57. The van der Waals surface area contributed by atoms with Gasteiger partial charge in [-0.1, -0.05) is 55.5 Å². The van der Waals surface area contributed by atoms with Crippen LogP contribution in [-0.4, -0.2) is 34.4 Å². The fraction of sp³-hybridized carbons (Fsp3) is 0.269. The molecular formula is C26H31N2O6P. The van der Waals surface area contributed by atoms with E-state index < -0.39 is 25.9 Å². The van der Waals surface area contributed by atoms with Crippen molar-refractivity contribution in [3.8, 4) is 16.9 Å². The molecule has 0 heterocycles. The number of nitrogens with one attached hydrogen (secondary N) is 1. The standard InChI is InChI=1S/C26H31N2O6P/c1-18-15-21(9-14-24(18)20-7-5-4-6-8-20)19(2)16-33-23-12-10-22(11-13-23)28-25(29)26(3,27)17-34-35(30,31)32/h4-15,19H,16-17,27H2,1-3H3,(H,28,29)(H2,30,31,32)/t19?,26-/m0/s1. The van der Waals surface area contributed by atoms with E-state index in [1.54, 1.807) is 24.3 Å². The Labute approximate surface area is 205 Å². The summed E-state index contributed by atoms with van der Waals surface area (Å²) < 4.78 is 21.2. The first kappa shape index (κ1) is 26.6. The number of rotatable bonds is 10. The maximum absolute atomic E-state index is 12.3. The molecule has 186 valence electrons. The lowest BCUT2D eigenvalue weighted by Crippen LogP contribution is -2.52. The van der Waals surface area contributed by atoms with Gasteiger partial charge in [0.05, 0.1) is 13.2 Å². The lowest BCUT2D eigenvalue weighted by Gasteiger charge is -2.23. The number of amides is 1. The highest BCUT2D eigenvalue weighted by Crippen LogP contribution is 2.36. The minimum atomic E-state index is -4.73. The van der Waals surface area contributed by atoms with Gasteiger partial charge in [0.15, 0.2) is 0 Å². The SMILES string of the molecule is Cc1cc(C(C)COc2ccc(NC(=O)[C@@](C)(N)COP(=O)(O)O)cc2)ccc1-c1ccccc1. The summed E-state index contributed by atoms with van der Waals surface area (Å²) in [7, 11) is -4.73. The second-order valence-electron chi connectivity index (χ2n) is 8.81. The van der Waals surface area contributed by atoms with Gasteiger partial charge in [-0.05, 0) is 60.4 Å². The molecule has 0 bridgehead atoms. The van der Waals surface area contributed by atoms with Crippen LogP contribution in [0.4, 0.5) is 5.69 Å². The number of anilines is 1. The van der Waals surface area contributed by atoms with Gasteiger partial charge in [0.2, 0.25) is 5.91 Å². The monoisotopic (exact) mass is 498 g/mol. The third kappa shape index (κ3) is 7.75. The van der Waals surface area contributed by atoms with Crippen LogP contribution in [-0.2, 0) is 13.9 Å². The van der Waals surface area contributed by atoms with Crippen molar-refractivity contribution in [2.24, 2.45) is 5.73 Å². The number of hydrogen-bond donors (Lipinski definition) is 4. The van der Waals surface area contributed by atoms with Crippen LogP contribution in [0.3, 0.4) is 0 Å². The molecule has 0 aliphatic heterocycles. The Bertz CT molecular complexity index is 1190. The van der Waals surface area contributed by atoms with Gasteiger partial charge in [-0.15, -0.1) is 0 Å². The molecule has 5 N–H and O–H groups in total. The Morgan fingerprint density at radius 2 is 1.74 bits per heavy atom. The smallest absolute Gasteiger partial charge is 0.469 e. The molecule has 1 amide bonds. The summed E-state index contributed by atoms with van der Waals surface area (Å²) in [5, 5.41) is 2.61. The van der Waals surface area contributed by atoms with E-state index in [9.17, 15) is 9.36 Å². The molecule has 3 aromatic carbocycles. The molecule has 8 nitrogen and oxygen atoms in total. The highest BCUT2D eigenvalue weighted by Gasteiger charge is 2.32. The van der Waals surface area contributed by atoms with Crippen molar-refractivity contribution in [3.05, 3.63) is 83.9 Å². The number of benzene rings is 3. The Kier molecular flexibility index (Phi) is 8.48. The van der Waals surface area contributed by atoms with Gasteiger partial charge in [0, 0.05) is 11.6 Å². The Balaban J connectivity index is 1.55. The number of phosphoric acid groups is 1. The van der Waals surface area contributed by atoms with Crippen LogP contribution in [0.25, 0.3) is 11.1 Å². The highest BCUT2D eigenvalue weighted by atomic mass is 31.2. The first-order valence-electron chi connectivity index (χ1n) is 11.1. The quantitative estimate of drug-likeness (QED) is 0.300. The number of aryl methyl sites for hydroxylation is 1. The molecule has 9 heteroatoms. The molecule has 0 saturated carbocycles. The van der Waals surface area contributed by atoms with Crippen LogP contribution < -0.4 is 15.8 Å². The average molecular weight is 499 g/mol. The molecule has 3 rings (SSSR count). The Morgan fingerprint density at radius 1 is 1.09 bits per heavy atom. The Morgan fingerprint density at radius 3 is 2.34 bits per heavy atom. The highest BCUT2D eigenvalue weighted by molar-refractivity contribution is 7.46. The zero-order chi connectivity index (χ0) is 25.6. The van der Waals surface area contributed by atoms with E-state index >= 15 is 0 Å². The molecule has 1 unspecified atom stereocenters. The van der Waals surface area contributed by atoms with E-state index in [1.807, 2.05) is 18.2 Å². The van der Waals surface area contributed by atoms with Gasteiger partial charge >= 0.3 is 7.82 Å². The van der Waals surface area contributed by atoms with Crippen molar-refractivity contribution in [3.63, 3.8) is 0 Å². The van der Waals surface area contributed by atoms with Crippen LogP contribution in [0.2, 0.25) is 0 Å². The van der Waals surface area contributed by atoms with E-state index in [0.29, 0.717) is 18.0 Å². The Hall–Kier alpha value is -3.00. The number of carbonyl (C=O) groups excluding carboxylic acids is 1. The van der Waals surface area contributed by atoms with Crippen molar-refractivity contribution < 1.29 is 28.4 Å². The van der Waals surface area contributed by atoms with Gasteiger partial charge in [-0.2, -0.15) is 0 Å². The molecule has 0 saturated heterocycles.